The van der Waals surface area contributed by atoms with Crippen molar-refractivity contribution in [3.8, 4) is 0 Å². The SMILES string of the molecule is CNC(=O)C1CN(Cc2ccccc2)CC12CN(C(=O)c1ccsc1)C2. The number of carbonyl (C=O) groups excluding carboxylic acids is 2. The third kappa shape index (κ3) is 3.04. The quantitative estimate of drug-likeness (QED) is 0.898. The molecule has 26 heavy (non-hydrogen) atoms. The second-order valence-electron chi connectivity index (χ2n) is 7.36. The number of thiophene rings is 1. The first-order chi connectivity index (χ1) is 12.6. The van der Waals surface area contributed by atoms with Gasteiger partial charge in [0.15, 0.2) is 0 Å². The average molecular weight is 369 g/mol. The number of rotatable bonds is 4. The maximum absolute atomic E-state index is 12.6. The van der Waals surface area contributed by atoms with Gasteiger partial charge in [0, 0.05) is 50.6 Å². The Morgan fingerprint density at radius 2 is 1.96 bits per heavy atom. The van der Waals surface area contributed by atoms with Crippen molar-refractivity contribution in [2.75, 3.05) is 33.2 Å². The van der Waals surface area contributed by atoms with Gasteiger partial charge in [-0.3, -0.25) is 14.5 Å². The van der Waals surface area contributed by atoms with E-state index in [-0.39, 0.29) is 23.1 Å². The zero-order valence-electron chi connectivity index (χ0n) is 14.9. The highest BCUT2D eigenvalue weighted by atomic mass is 32.1. The Morgan fingerprint density at radius 3 is 2.62 bits per heavy atom. The summed E-state index contributed by atoms with van der Waals surface area (Å²) in [5.41, 5.74) is 1.88. The molecule has 2 fully saturated rings. The Morgan fingerprint density at radius 1 is 1.19 bits per heavy atom. The van der Waals surface area contributed by atoms with E-state index in [0.717, 1.165) is 25.2 Å². The lowest BCUT2D eigenvalue weighted by Gasteiger charge is -2.50. The molecular weight excluding hydrogens is 346 g/mol. The van der Waals surface area contributed by atoms with Crippen LogP contribution in [0.5, 0.6) is 0 Å². The van der Waals surface area contributed by atoms with Crippen LogP contribution in [-0.4, -0.2) is 54.8 Å². The van der Waals surface area contributed by atoms with Crippen molar-refractivity contribution in [2.45, 2.75) is 6.54 Å². The molecular formula is C20H23N3O2S. The number of likely N-dealkylation sites (tertiary alicyclic amines) is 2. The normalized spacial score (nSPS) is 21.6. The number of amides is 2. The molecule has 2 aliphatic heterocycles. The highest BCUT2D eigenvalue weighted by Gasteiger charge is 2.57. The molecule has 1 unspecified atom stereocenters. The fraction of sp³-hybridized carbons (Fsp3) is 0.400. The monoisotopic (exact) mass is 369 g/mol. The van der Waals surface area contributed by atoms with E-state index in [1.807, 2.05) is 39.9 Å². The summed E-state index contributed by atoms with van der Waals surface area (Å²) in [4.78, 5) is 29.3. The molecule has 1 aromatic heterocycles. The summed E-state index contributed by atoms with van der Waals surface area (Å²) in [6.07, 6.45) is 0. The van der Waals surface area contributed by atoms with Gasteiger partial charge in [0.1, 0.15) is 0 Å². The summed E-state index contributed by atoms with van der Waals surface area (Å²) < 4.78 is 0. The van der Waals surface area contributed by atoms with Crippen molar-refractivity contribution in [3.63, 3.8) is 0 Å². The number of nitrogens with zero attached hydrogens (tertiary/aromatic N) is 2. The van der Waals surface area contributed by atoms with E-state index < -0.39 is 0 Å². The van der Waals surface area contributed by atoms with Gasteiger partial charge in [0.2, 0.25) is 5.91 Å². The van der Waals surface area contributed by atoms with Crippen molar-refractivity contribution >= 4 is 23.2 Å². The van der Waals surface area contributed by atoms with E-state index in [9.17, 15) is 9.59 Å². The van der Waals surface area contributed by atoms with Crippen LogP contribution in [0.25, 0.3) is 0 Å². The van der Waals surface area contributed by atoms with Gasteiger partial charge in [0.25, 0.3) is 5.91 Å². The van der Waals surface area contributed by atoms with Crippen LogP contribution in [0.2, 0.25) is 0 Å². The largest absolute Gasteiger partial charge is 0.359 e. The van der Waals surface area contributed by atoms with Crippen molar-refractivity contribution in [1.29, 1.82) is 0 Å². The smallest absolute Gasteiger partial charge is 0.254 e. The summed E-state index contributed by atoms with van der Waals surface area (Å²) in [6.45, 7) is 3.76. The molecule has 1 N–H and O–H groups in total. The van der Waals surface area contributed by atoms with E-state index >= 15 is 0 Å². The minimum Gasteiger partial charge on any atom is -0.359 e. The second kappa shape index (κ2) is 6.85. The third-order valence-corrected chi connectivity index (χ3v) is 6.28. The molecule has 0 aliphatic carbocycles. The molecule has 1 aromatic carbocycles. The molecule has 2 aromatic rings. The summed E-state index contributed by atoms with van der Waals surface area (Å²) in [5, 5.41) is 6.63. The lowest BCUT2D eigenvalue weighted by Crippen LogP contribution is -2.63. The molecule has 6 heteroatoms. The Bertz CT molecular complexity index is 785. The van der Waals surface area contributed by atoms with Crippen LogP contribution < -0.4 is 5.32 Å². The maximum Gasteiger partial charge on any atom is 0.254 e. The number of nitrogens with one attached hydrogen (secondary N) is 1. The first-order valence-electron chi connectivity index (χ1n) is 8.91. The van der Waals surface area contributed by atoms with Crippen LogP contribution >= 0.6 is 11.3 Å². The third-order valence-electron chi connectivity index (χ3n) is 5.60. The lowest BCUT2D eigenvalue weighted by atomic mass is 9.71. The van der Waals surface area contributed by atoms with Crippen LogP contribution in [0.4, 0.5) is 0 Å². The fourth-order valence-corrected chi connectivity index (χ4v) is 4.95. The van der Waals surface area contributed by atoms with Crippen LogP contribution in [0.3, 0.4) is 0 Å². The highest BCUT2D eigenvalue weighted by Crippen LogP contribution is 2.45. The van der Waals surface area contributed by atoms with Crippen LogP contribution in [-0.2, 0) is 11.3 Å². The molecule has 5 nitrogen and oxygen atoms in total. The highest BCUT2D eigenvalue weighted by molar-refractivity contribution is 7.08. The minimum atomic E-state index is -0.124. The molecule has 0 saturated carbocycles. The standard InChI is InChI=1S/C20H23N3O2S/c1-21-18(24)17-10-22(9-15-5-3-2-4-6-15)12-20(17)13-23(14-20)19(25)16-7-8-26-11-16/h2-8,11,17H,9-10,12-14H2,1H3,(H,21,24). The van der Waals surface area contributed by atoms with Gasteiger partial charge in [-0.05, 0) is 17.0 Å². The summed E-state index contributed by atoms with van der Waals surface area (Å²) in [7, 11) is 1.70. The molecule has 1 spiro atoms. The summed E-state index contributed by atoms with van der Waals surface area (Å²) >= 11 is 1.53. The molecule has 0 bridgehead atoms. The zero-order chi connectivity index (χ0) is 18.1. The predicted molar refractivity (Wildman–Crippen MR) is 102 cm³/mol. The van der Waals surface area contributed by atoms with Gasteiger partial charge in [0.05, 0.1) is 11.5 Å². The van der Waals surface area contributed by atoms with Crippen molar-refractivity contribution < 1.29 is 9.59 Å². The number of benzene rings is 1. The van der Waals surface area contributed by atoms with E-state index in [1.165, 1.54) is 16.9 Å². The van der Waals surface area contributed by atoms with Crippen LogP contribution in [0, 0.1) is 11.3 Å². The van der Waals surface area contributed by atoms with Gasteiger partial charge in [-0.15, -0.1) is 0 Å². The topological polar surface area (TPSA) is 52.7 Å². The molecule has 0 radical (unpaired) electrons. The summed E-state index contributed by atoms with van der Waals surface area (Å²) in [5.74, 6) is 0.0972. The van der Waals surface area contributed by atoms with Crippen molar-refractivity contribution in [1.82, 2.24) is 15.1 Å². The Hall–Kier alpha value is -2.18. The molecule has 3 heterocycles. The summed E-state index contributed by atoms with van der Waals surface area (Å²) in [6, 6.07) is 12.2. The van der Waals surface area contributed by atoms with Crippen molar-refractivity contribution in [2.24, 2.45) is 11.3 Å². The van der Waals surface area contributed by atoms with E-state index in [1.54, 1.807) is 7.05 Å². The average Bonchev–Trinajstić information content (AvgIpc) is 3.28. The van der Waals surface area contributed by atoms with Gasteiger partial charge >= 0.3 is 0 Å². The van der Waals surface area contributed by atoms with E-state index in [2.05, 4.69) is 22.3 Å². The van der Waals surface area contributed by atoms with Crippen molar-refractivity contribution in [3.05, 3.63) is 58.3 Å². The van der Waals surface area contributed by atoms with Gasteiger partial charge in [-0.1, -0.05) is 30.3 Å². The molecule has 4 rings (SSSR count). The number of carbonyl (C=O) groups is 2. The van der Waals surface area contributed by atoms with Gasteiger partial charge in [-0.25, -0.2) is 0 Å². The molecule has 2 saturated heterocycles. The van der Waals surface area contributed by atoms with Crippen LogP contribution in [0.1, 0.15) is 15.9 Å². The Balaban J connectivity index is 1.47. The first-order valence-corrected chi connectivity index (χ1v) is 9.85. The first kappa shape index (κ1) is 17.2. The molecule has 2 amide bonds. The van der Waals surface area contributed by atoms with E-state index in [4.69, 9.17) is 0 Å². The maximum atomic E-state index is 12.6. The minimum absolute atomic E-state index is 0.0669. The zero-order valence-corrected chi connectivity index (χ0v) is 15.7. The fourth-order valence-electron chi connectivity index (χ4n) is 4.32. The molecule has 136 valence electrons. The Kier molecular flexibility index (Phi) is 4.54. The number of hydrogen-bond donors (Lipinski definition) is 1. The van der Waals surface area contributed by atoms with Gasteiger partial charge < -0.3 is 10.2 Å². The van der Waals surface area contributed by atoms with E-state index in [0.29, 0.717) is 13.1 Å². The van der Waals surface area contributed by atoms with Gasteiger partial charge in [-0.2, -0.15) is 11.3 Å². The number of hydrogen-bond acceptors (Lipinski definition) is 4. The molecule has 1 atom stereocenters. The van der Waals surface area contributed by atoms with Crippen LogP contribution in [0.15, 0.2) is 47.2 Å². The predicted octanol–water partition coefficient (Wildman–Crippen LogP) is 2.07. The second-order valence-corrected chi connectivity index (χ2v) is 8.14. The Labute approximate surface area is 157 Å². The molecule has 2 aliphatic rings. The lowest BCUT2D eigenvalue weighted by molar-refractivity contribution is -0.130.